The fourth-order valence-corrected chi connectivity index (χ4v) is 2.96. The summed E-state index contributed by atoms with van der Waals surface area (Å²) in [5.41, 5.74) is 0.684. The van der Waals surface area contributed by atoms with Gasteiger partial charge in [-0.15, -0.1) is 0 Å². The van der Waals surface area contributed by atoms with E-state index in [1.54, 1.807) is 25.2 Å². The van der Waals surface area contributed by atoms with Gasteiger partial charge in [-0.05, 0) is 63.7 Å². The van der Waals surface area contributed by atoms with E-state index >= 15 is 0 Å². The highest BCUT2D eigenvalue weighted by Crippen LogP contribution is 2.27. The summed E-state index contributed by atoms with van der Waals surface area (Å²) >= 11 is 5.26. The molecule has 2 aliphatic heterocycles. The number of hydrogen-bond donors (Lipinski definition) is 0. The molecule has 1 fully saturated rings. The van der Waals surface area contributed by atoms with Crippen LogP contribution in [0.5, 0.6) is 0 Å². The summed E-state index contributed by atoms with van der Waals surface area (Å²) in [7, 11) is 0. The zero-order chi connectivity index (χ0) is 19.1. The van der Waals surface area contributed by atoms with Crippen molar-refractivity contribution in [2.45, 2.75) is 41.5 Å². The summed E-state index contributed by atoms with van der Waals surface area (Å²) in [5, 5.41) is 0.264. The molecule has 1 saturated heterocycles. The van der Waals surface area contributed by atoms with Crippen LogP contribution in [0, 0.1) is 0 Å². The van der Waals surface area contributed by atoms with E-state index in [-0.39, 0.29) is 22.5 Å². The summed E-state index contributed by atoms with van der Waals surface area (Å²) in [6, 6.07) is 0. The minimum Gasteiger partial charge on any atom is -0.462 e. The van der Waals surface area contributed by atoms with Crippen molar-refractivity contribution < 1.29 is 14.3 Å². The smallest absolute Gasteiger partial charge is 0.266 e. The van der Waals surface area contributed by atoms with Crippen LogP contribution in [0.15, 0.2) is 47.0 Å². The van der Waals surface area contributed by atoms with Crippen LogP contribution in [0.3, 0.4) is 0 Å². The maximum Gasteiger partial charge on any atom is 0.266 e. The van der Waals surface area contributed by atoms with Gasteiger partial charge in [-0.1, -0.05) is 19.9 Å². The van der Waals surface area contributed by atoms with E-state index in [4.69, 9.17) is 17.0 Å². The molecule has 2 rings (SSSR count). The first-order chi connectivity index (χ1) is 11.9. The average Bonchev–Trinajstić information content (AvgIpc) is 2.57. The van der Waals surface area contributed by atoms with E-state index in [0.29, 0.717) is 30.2 Å². The first kappa shape index (κ1) is 20.8. The van der Waals surface area contributed by atoms with Gasteiger partial charge < -0.3 is 4.74 Å². The van der Waals surface area contributed by atoms with E-state index < -0.39 is 0 Å². The molecule has 0 N–H and O–H groups in total. The minimum atomic E-state index is -0.357. The second kappa shape index (κ2) is 9.32. The van der Waals surface area contributed by atoms with Gasteiger partial charge >= 0.3 is 0 Å². The number of nitrogens with zero attached hydrogens (tertiary/aromatic N) is 2. The van der Waals surface area contributed by atoms with Gasteiger partial charge in [-0.2, -0.15) is 0 Å². The Morgan fingerprint density at radius 3 is 2.04 bits per heavy atom. The second-order valence-electron chi connectivity index (χ2n) is 5.12. The predicted octanol–water partition coefficient (Wildman–Crippen LogP) is 3.70. The zero-order valence-corrected chi connectivity index (χ0v) is 16.6. The van der Waals surface area contributed by atoms with Crippen molar-refractivity contribution in [3.8, 4) is 0 Å². The van der Waals surface area contributed by atoms with Crippen LogP contribution in [-0.2, 0) is 14.3 Å². The van der Waals surface area contributed by atoms with Gasteiger partial charge in [0.2, 0.25) is 0 Å². The van der Waals surface area contributed by atoms with Gasteiger partial charge in [0, 0.05) is 13.1 Å². The Balaban J connectivity index is 0.00000151. The van der Waals surface area contributed by atoms with Crippen LogP contribution in [0.1, 0.15) is 41.5 Å². The molecule has 2 amide bonds. The third kappa shape index (κ3) is 4.25. The lowest BCUT2D eigenvalue weighted by atomic mass is 10.0. The van der Waals surface area contributed by atoms with Crippen molar-refractivity contribution in [2.24, 2.45) is 0 Å². The van der Waals surface area contributed by atoms with Crippen LogP contribution in [0.2, 0.25) is 0 Å². The molecule has 0 spiro atoms. The number of carbonyl (C=O) groups is 2. The van der Waals surface area contributed by atoms with Crippen LogP contribution in [0.4, 0.5) is 0 Å². The van der Waals surface area contributed by atoms with E-state index in [0.717, 1.165) is 0 Å². The molecule has 25 heavy (non-hydrogen) atoms. The van der Waals surface area contributed by atoms with Crippen LogP contribution >= 0.6 is 12.2 Å². The third-order valence-electron chi connectivity index (χ3n) is 3.57. The summed E-state index contributed by atoms with van der Waals surface area (Å²) in [5.74, 6) is 0.506. The Labute approximate surface area is 155 Å². The van der Waals surface area contributed by atoms with Gasteiger partial charge in [0.25, 0.3) is 11.8 Å². The van der Waals surface area contributed by atoms with E-state index in [1.165, 1.54) is 9.80 Å². The Morgan fingerprint density at radius 2 is 1.60 bits per heavy atom. The lowest BCUT2D eigenvalue weighted by Gasteiger charge is -2.36. The van der Waals surface area contributed by atoms with Crippen molar-refractivity contribution in [3.63, 3.8) is 0 Å². The second-order valence-corrected chi connectivity index (χ2v) is 5.48. The molecule has 0 bridgehead atoms. The summed E-state index contributed by atoms with van der Waals surface area (Å²) in [6.07, 6.45) is 7.03. The molecule has 0 unspecified atom stereocenters. The number of amides is 2. The standard InChI is InChI=1S/C17H20N2O3S.C2H6/c1-5-8-13-10-12(9-11(4)22-13)14-15(20)18(6-2)17(23)19(7-3)16(14)21;1-2/h5,8-10H,6-7H2,1-4H3;1-2H3/b8-5+;. The fraction of sp³-hybridized carbons (Fsp3) is 0.421. The van der Waals surface area contributed by atoms with Crippen LogP contribution in [0.25, 0.3) is 0 Å². The van der Waals surface area contributed by atoms with Crippen molar-refractivity contribution in [2.75, 3.05) is 13.1 Å². The minimum absolute atomic E-state index is 0.131. The highest BCUT2D eigenvalue weighted by Gasteiger charge is 2.39. The number of carbonyl (C=O) groups excluding carboxylic acids is 2. The number of hydrogen-bond acceptors (Lipinski definition) is 4. The maximum absolute atomic E-state index is 12.7. The van der Waals surface area contributed by atoms with Crippen molar-refractivity contribution in [1.82, 2.24) is 9.80 Å². The van der Waals surface area contributed by atoms with Gasteiger partial charge in [0.1, 0.15) is 17.1 Å². The Morgan fingerprint density at radius 1 is 1.08 bits per heavy atom. The SMILES string of the molecule is C/C=C/C1=CC(=C2C(=O)N(CC)C(=S)N(CC)C2=O)C=C(C)O1.CC. The largest absolute Gasteiger partial charge is 0.462 e. The summed E-state index contributed by atoms with van der Waals surface area (Å²) in [4.78, 5) is 28.3. The van der Waals surface area contributed by atoms with Crippen molar-refractivity contribution in [1.29, 1.82) is 0 Å². The maximum atomic E-state index is 12.7. The van der Waals surface area contributed by atoms with Crippen molar-refractivity contribution in [3.05, 3.63) is 47.0 Å². The number of allylic oxidation sites excluding steroid dienone is 6. The number of ether oxygens (including phenoxy) is 1. The number of thiocarbonyl (C=S) groups is 1. The predicted molar refractivity (Wildman–Crippen MR) is 103 cm³/mol. The Bertz CT molecular complexity index is 659. The Hall–Kier alpha value is -2.21. The first-order valence-corrected chi connectivity index (χ1v) is 8.97. The molecular formula is C19H26N2O3S. The molecule has 0 radical (unpaired) electrons. The highest BCUT2D eigenvalue weighted by molar-refractivity contribution is 7.80. The molecule has 0 aromatic heterocycles. The first-order valence-electron chi connectivity index (χ1n) is 8.57. The zero-order valence-electron chi connectivity index (χ0n) is 15.8. The molecular weight excluding hydrogens is 336 g/mol. The van der Waals surface area contributed by atoms with Gasteiger partial charge in [-0.3, -0.25) is 19.4 Å². The van der Waals surface area contributed by atoms with Crippen LogP contribution < -0.4 is 0 Å². The molecule has 0 aromatic carbocycles. The van der Waals surface area contributed by atoms with Crippen LogP contribution in [-0.4, -0.2) is 39.8 Å². The summed E-state index contributed by atoms with van der Waals surface area (Å²) < 4.78 is 5.57. The van der Waals surface area contributed by atoms with Crippen molar-refractivity contribution >= 4 is 29.1 Å². The summed E-state index contributed by atoms with van der Waals surface area (Å²) in [6.45, 7) is 12.2. The average molecular weight is 362 g/mol. The Kier molecular flexibility index (Phi) is 7.77. The number of rotatable bonds is 3. The van der Waals surface area contributed by atoms with Gasteiger partial charge in [0.05, 0.1) is 0 Å². The molecule has 6 heteroatoms. The van der Waals surface area contributed by atoms with E-state index in [2.05, 4.69) is 0 Å². The quantitative estimate of drug-likeness (QED) is 0.436. The molecule has 0 atom stereocenters. The molecule has 0 aromatic rings. The lowest BCUT2D eigenvalue weighted by Crippen LogP contribution is -2.56. The molecule has 2 heterocycles. The monoisotopic (exact) mass is 362 g/mol. The normalized spacial score (nSPS) is 18.1. The molecule has 2 aliphatic rings. The molecule has 5 nitrogen and oxygen atoms in total. The molecule has 0 saturated carbocycles. The topological polar surface area (TPSA) is 49.9 Å². The van der Waals surface area contributed by atoms with E-state index in [9.17, 15) is 9.59 Å². The third-order valence-corrected chi connectivity index (χ3v) is 4.01. The van der Waals surface area contributed by atoms with Gasteiger partial charge in [0.15, 0.2) is 5.11 Å². The number of likely N-dealkylation sites (N-methyl/N-ethyl adjacent to an activating group) is 2. The molecule has 136 valence electrons. The lowest BCUT2D eigenvalue weighted by molar-refractivity contribution is -0.133. The van der Waals surface area contributed by atoms with E-state index in [1.807, 2.05) is 40.7 Å². The highest BCUT2D eigenvalue weighted by atomic mass is 32.1. The molecule has 0 aliphatic carbocycles. The van der Waals surface area contributed by atoms with Gasteiger partial charge in [-0.25, -0.2) is 0 Å². The fourth-order valence-electron chi connectivity index (χ4n) is 2.53.